The highest BCUT2D eigenvalue weighted by Crippen LogP contribution is 2.51. The van der Waals surface area contributed by atoms with Crippen LogP contribution >= 0.6 is 0 Å². The van der Waals surface area contributed by atoms with Crippen molar-refractivity contribution >= 4 is 6.09 Å². The molecule has 0 aromatic rings. The van der Waals surface area contributed by atoms with Crippen LogP contribution in [-0.4, -0.2) is 35.8 Å². The molecule has 3 fully saturated rings. The highest BCUT2D eigenvalue weighted by Gasteiger charge is 2.62. The molecule has 1 aliphatic carbocycles. The number of hydrogen-bond donors (Lipinski definition) is 1. The third-order valence-corrected chi connectivity index (χ3v) is 4.62. The average Bonchev–Trinajstić information content (AvgIpc) is 2.58. The molecule has 1 saturated carbocycles. The zero-order valence-electron chi connectivity index (χ0n) is 10.2. The van der Waals surface area contributed by atoms with Crippen molar-refractivity contribution in [2.45, 2.75) is 39.0 Å². The normalized spacial score (nSPS) is 44.4. The van der Waals surface area contributed by atoms with Gasteiger partial charge in [-0.1, -0.05) is 13.3 Å². The summed E-state index contributed by atoms with van der Waals surface area (Å²) in [4.78, 5) is 13.6. The van der Waals surface area contributed by atoms with Crippen LogP contribution in [0.1, 0.15) is 27.2 Å². The summed E-state index contributed by atoms with van der Waals surface area (Å²) < 4.78 is 5.20. The molecule has 3 unspecified atom stereocenters. The van der Waals surface area contributed by atoms with E-state index < -0.39 is 0 Å². The Morgan fingerprint density at radius 2 is 2.12 bits per heavy atom. The molecular formula is C12H20N2O2. The fourth-order valence-corrected chi connectivity index (χ4v) is 3.89. The van der Waals surface area contributed by atoms with Crippen LogP contribution in [0.2, 0.25) is 0 Å². The first kappa shape index (κ1) is 10.4. The first-order valence-electron chi connectivity index (χ1n) is 6.29. The van der Waals surface area contributed by atoms with Crippen molar-refractivity contribution in [3.8, 4) is 0 Å². The third kappa shape index (κ3) is 1.11. The second kappa shape index (κ2) is 3.13. The van der Waals surface area contributed by atoms with Crippen LogP contribution in [0.3, 0.4) is 0 Å². The number of nitrogens with one attached hydrogen (secondary N) is 1. The topological polar surface area (TPSA) is 41.6 Å². The molecule has 1 N–H and O–H groups in total. The van der Waals surface area contributed by atoms with E-state index in [0.29, 0.717) is 17.9 Å². The number of carbonyl (C=O) groups excluding carboxylic acids is 1. The Morgan fingerprint density at radius 3 is 2.69 bits per heavy atom. The van der Waals surface area contributed by atoms with Gasteiger partial charge in [-0.2, -0.15) is 0 Å². The Labute approximate surface area is 96.3 Å². The van der Waals surface area contributed by atoms with E-state index in [1.54, 1.807) is 0 Å². The number of hydrogen-bond acceptors (Lipinski definition) is 3. The maximum Gasteiger partial charge on any atom is 0.415 e. The maximum absolute atomic E-state index is 11.6. The Balaban J connectivity index is 1.81. The van der Waals surface area contributed by atoms with Gasteiger partial charge in [0, 0.05) is 12.6 Å². The van der Waals surface area contributed by atoms with E-state index in [0.717, 1.165) is 25.4 Å². The summed E-state index contributed by atoms with van der Waals surface area (Å²) in [6.45, 7) is 8.38. The lowest BCUT2D eigenvalue weighted by Gasteiger charge is -2.60. The first-order valence-corrected chi connectivity index (χ1v) is 6.29. The molecule has 2 heterocycles. The maximum atomic E-state index is 11.6. The van der Waals surface area contributed by atoms with E-state index in [9.17, 15) is 4.79 Å². The zero-order chi connectivity index (χ0) is 11.5. The van der Waals surface area contributed by atoms with E-state index >= 15 is 0 Å². The average molecular weight is 224 g/mol. The van der Waals surface area contributed by atoms with Crippen LogP contribution < -0.4 is 5.32 Å². The van der Waals surface area contributed by atoms with Crippen LogP contribution in [0.4, 0.5) is 4.79 Å². The molecule has 3 aliphatic rings. The molecule has 0 radical (unpaired) electrons. The minimum atomic E-state index is -0.386. The van der Waals surface area contributed by atoms with E-state index in [1.165, 1.54) is 0 Å². The SMILES string of the molecule is CCC1C2CNCC2[C@@H]1N1C(=O)OC1(C)C. The number of rotatable bonds is 2. The Bertz CT molecular complexity index is 329. The minimum Gasteiger partial charge on any atom is -0.423 e. The molecule has 4 heteroatoms. The van der Waals surface area contributed by atoms with E-state index in [2.05, 4.69) is 12.2 Å². The van der Waals surface area contributed by atoms with Crippen molar-refractivity contribution in [3.63, 3.8) is 0 Å². The van der Waals surface area contributed by atoms with E-state index in [4.69, 9.17) is 4.74 Å². The molecular weight excluding hydrogens is 204 g/mol. The lowest BCUT2D eigenvalue weighted by atomic mass is 9.60. The number of cyclic esters (lactones) is 1. The second-order valence-electron chi connectivity index (χ2n) is 5.73. The molecule has 90 valence electrons. The van der Waals surface area contributed by atoms with Crippen LogP contribution in [0, 0.1) is 17.8 Å². The summed E-state index contributed by atoms with van der Waals surface area (Å²) in [7, 11) is 0. The minimum absolute atomic E-state index is 0.126. The lowest BCUT2D eigenvalue weighted by molar-refractivity contribution is -0.219. The third-order valence-electron chi connectivity index (χ3n) is 4.62. The predicted molar refractivity (Wildman–Crippen MR) is 59.8 cm³/mol. The zero-order valence-corrected chi connectivity index (χ0v) is 10.2. The molecule has 0 spiro atoms. The van der Waals surface area contributed by atoms with Gasteiger partial charge >= 0.3 is 6.09 Å². The number of nitrogens with zero attached hydrogens (tertiary/aromatic N) is 1. The van der Waals surface area contributed by atoms with E-state index in [1.807, 2.05) is 18.7 Å². The van der Waals surface area contributed by atoms with Crippen LogP contribution in [0.5, 0.6) is 0 Å². The molecule has 4 nitrogen and oxygen atoms in total. The van der Waals surface area contributed by atoms with Gasteiger partial charge in [0.2, 0.25) is 0 Å². The molecule has 16 heavy (non-hydrogen) atoms. The molecule has 0 aromatic carbocycles. The monoisotopic (exact) mass is 224 g/mol. The van der Waals surface area contributed by atoms with Gasteiger partial charge in [-0.05, 0) is 38.1 Å². The number of carbonyl (C=O) groups is 1. The molecule has 0 bridgehead atoms. The molecule has 3 rings (SSSR count). The highest BCUT2D eigenvalue weighted by atomic mass is 16.6. The predicted octanol–water partition coefficient (Wildman–Crippen LogP) is 1.42. The van der Waals surface area contributed by atoms with Gasteiger partial charge in [0.1, 0.15) is 0 Å². The van der Waals surface area contributed by atoms with Gasteiger partial charge in [-0.3, -0.25) is 4.90 Å². The van der Waals surface area contributed by atoms with Crippen molar-refractivity contribution in [1.29, 1.82) is 0 Å². The van der Waals surface area contributed by atoms with Gasteiger partial charge < -0.3 is 10.1 Å². The van der Waals surface area contributed by atoms with Gasteiger partial charge in [-0.15, -0.1) is 0 Å². The van der Waals surface area contributed by atoms with Gasteiger partial charge in [0.25, 0.3) is 0 Å². The fraction of sp³-hybridized carbons (Fsp3) is 0.917. The summed E-state index contributed by atoms with van der Waals surface area (Å²) in [5.74, 6) is 2.09. The van der Waals surface area contributed by atoms with Crippen LogP contribution in [0.25, 0.3) is 0 Å². The molecule has 1 amide bonds. The summed E-state index contributed by atoms with van der Waals surface area (Å²) in [6.07, 6.45) is 1.03. The van der Waals surface area contributed by atoms with Crippen molar-refractivity contribution in [2.24, 2.45) is 17.8 Å². The largest absolute Gasteiger partial charge is 0.423 e. The van der Waals surface area contributed by atoms with Crippen LogP contribution in [0.15, 0.2) is 0 Å². The summed E-state index contributed by atoms with van der Waals surface area (Å²) in [5.41, 5.74) is -0.386. The molecule has 0 aromatic heterocycles. The Hall–Kier alpha value is -0.770. The molecule has 4 atom stereocenters. The first-order chi connectivity index (χ1) is 7.56. The van der Waals surface area contributed by atoms with Gasteiger partial charge in [0.05, 0.1) is 0 Å². The number of ether oxygens (including phenoxy) is 1. The standard InChI is InChI=1S/C12H20N2O2/c1-4-7-8-5-13-6-9(8)10(7)14-11(15)16-12(14,2)3/h7-10,13H,4-6H2,1-3H3/t7?,8?,9?,10-/m1/s1. The van der Waals surface area contributed by atoms with Gasteiger partial charge in [0.15, 0.2) is 5.72 Å². The van der Waals surface area contributed by atoms with Crippen LogP contribution in [-0.2, 0) is 4.74 Å². The smallest absolute Gasteiger partial charge is 0.415 e. The van der Waals surface area contributed by atoms with Crippen molar-refractivity contribution in [3.05, 3.63) is 0 Å². The quantitative estimate of drug-likeness (QED) is 0.771. The van der Waals surface area contributed by atoms with Gasteiger partial charge in [-0.25, -0.2) is 4.79 Å². The number of amides is 1. The molecule has 2 saturated heterocycles. The van der Waals surface area contributed by atoms with E-state index in [-0.39, 0.29) is 11.8 Å². The van der Waals surface area contributed by atoms with Crippen molar-refractivity contribution in [1.82, 2.24) is 10.2 Å². The lowest BCUT2D eigenvalue weighted by Crippen LogP contribution is -2.73. The van der Waals surface area contributed by atoms with Crippen molar-refractivity contribution in [2.75, 3.05) is 13.1 Å². The highest BCUT2D eigenvalue weighted by molar-refractivity contribution is 5.75. The Morgan fingerprint density at radius 1 is 1.44 bits per heavy atom. The molecule has 2 aliphatic heterocycles. The fourth-order valence-electron chi connectivity index (χ4n) is 3.89. The summed E-state index contributed by atoms with van der Waals surface area (Å²) >= 11 is 0. The van der Waals surface area contributed by atoms with Crippen molar-refractivity contribution < 1.29 is 9.53 Å². The second-order valence-corrected chi connectivity index (χ2v) is 5.73. The Kier molecular flexibility index (Phi) is 2.03. The summed E-state index contributed by atoms with van der Waals surface area (Å²) in [5, 5.41) is 3.45. The number of fused-ring (bicyclic) bond motifs is 1. The summed E-state index contributed by atoms with van der Waals surface area (Å²) in [6, 6.07) is 0.404.